The van der Waals surface area contributed by atoms with Gasteiger partial charge in [0.25, 0.3) is 0 Å². The largest absolute Gasteiger partial charge is 0.293 e. The Labute approximate surface area is 55.0 Å². The third-order valence-corrected chi connectivity index (χ3v) is 1.91. The molecular formula is C7H11NO. The van der Waals surface area contributed by atoms with Gasteiger partial charge in [-0.05, 0) is 5.92 Å². The maximum Gasteiger partial charge on any atom is 0.176 e. The molecule has 0 bridgehead atoms. The van der Waals surface area contributed by atoms with E-state index in [1.807, 2.05) is 6.92 Å². The Balaban J connectivity index is 2.69. The van der Waals surface area contributed by atoms with Crippen LogP contribution in [0.3, 0.4) is 0 Å². The van der Waals surface area contributed by atoms with Crippen molar-refractivity contribution >= 4 is 12.0 Å². The van der Waals surface area contributed by atoms with Gasteiger partial charge in [0.2, 0.25) is 0 Å². The molecule has 0 fully saturated rings. The van der Waals surface area contributed by atoms with E-state index in [4.69, 9.17) is 0 Å². The minimum Gasteiger partial charge on any atom is -0.293 e. The van der Waals surface area contributed by atoms with E-state index in [1.54, 1.807) is 0 Å². The molecule has 0 aliphatic carbocycles. The average molecular weight is 125 g/mol. The highest BCUT2D eigenvalue weighted by Crippen LogP contribution is 2.14. The zero-order valence-electron chi connectivity index (χ0n) is 5.79. The molecule has 0 aromatic heterocycles. The van der Waals surface area contributed by atoms with Gasteiger partial charge in [0.05, 0.1) is 6.21 Å². The zero-order chi connectivity index (χ0) is 6.85. The third-order valence-electron chi connectivity index (χ3n) is 1.91. The van der Waals surface area contributed by atoms with Gasteiger partial charge in [0, 0.05) is 12.5 Å². The summed E-state index contributed by atoms with van der Waals surface area (Å²) < 4.78 is 0. The predicted molar refractivity (Wildman–Crippen MR) is 36.7 cm³/mol. The van der Waals surface area contributed by atoms with Crippen LogP contribution in [0.2, 0.25) is 0 Å². The van der Waals surface area contributed by atoms with Crippen molar-refractivity contribution in [2.75, 3.05) is 6.54 Å². The molecular weight excluding hydrogens is 114 g/mol. The monoisotopic (exact) mass is 125 g/mol. The Hall–Kier alpha value is -0.660. The molecule has 0 saturated carbocycles. The average Bonchev–Trinajstić information content (AvgIpc) is 1.83. The fraction of sp³-hybridized carbons (Fsp3) is 0.714. The number of carbonyl (C=O) groups is 1. The highest BCUT2D eigenvalue weighted by molar-refractivity contribution is 6.28. The topological polar surface area (TPSA) is 29.4 Å². The lowest BCUT2D eigenvalue weighted by Gasteiger charge is -2.18. The summed E-state index contributed by atoms with van der Waals surface area (Å²) in [5.41, 5.74) is 0. The van der Waals surface area contributed by atoms with Crippen LogP contribution in [-0.4, -0.2) is 18.5 Å². The van der Waals surface area contributed by atoms with E-state index in [-0.39, 0.29) is 11.7 Å². The molecule has 1 aliphatic heterocycles. The van der Waals surface area contributed by atoms with Crippen molar-refractivity contribution in [2.45, 2.75) is 13.8 Å². The van der Waals surface area contributed by atoms with Gasteiger partial charge in [-0.3, -0.25) is 9.79 Å². The smallest absolute Gasteiger partial charge is 0.176 e. The van der Waals surface area contributed by atoms with E-state index >= 15 is 0 Å². The molecule has 50 valence electrons. The van der Waals surface area contributed by atoms with Crippen LogP contribution in [0.4, 0.5) is 0 Å². The lowest BCUT2D eigenvalue weighted by atomic mass is 9.90. The van der Waals surface area contributed by atoms with Crippen molar-refractivity contribution in [2.24, 2.45) is 16.8 Å². The van der Waals surface area contributed by atoms with Crippen LogP contribution in [0.5, 0.6) is 0 Å². The molecule has 0 amide bonds. The van der Waals surface area contributed by atoms with Crippen molar-refractivity contribution in [3.63, 3.8) is 0 Å². The lowest BCUT2D eigenvalue weighted by molar-refractivity contribution is -0.117. The molecule has 2 heteroatoms. The summed E-state index contributed by atoms with van der Waals surface area (Å²) >= 11 is 0. The quantitative estimate of drug-likeness (QED) is 0.473. The second-order valence-corrected chi connectivity index (χ2v) is 2.66. The third kappa shape index (κ3) is 1.18. The normalized spacial score (nSPS) is 35.1. The van der Waals surface area contributed by atoms with Gasteiger partial charge in [0.15, 0.2) is 5.78 Å². The number of aliphatic imine (C=N–C) groups is 1. The highest BCUT2D eigenvalue weighted by Gasteiger charge is 2.20. The molecule has 0 aromatic rings. The zero-order valence-corrected chi connectivity index (χ0v) is 5.79. The molecule has 2 nitrogen and oxygen atoms in total. The number of Topliss-reactive ketones (excluding diaryl/α,β-unsaturated/α-hetero) is 1. The molecule has 2 atom stereocenters. The van der Waals surface area contributed by atoms with Crippen molar-refractivity contribution < 1.29 is 4.79 Å². The van der Waals surface area contributed by atoms with E-state index in [9.17, 15) is 4.79 Å². The van der Waals surface area contributed by atoms with E-state index in [0.29, 0.717) is 5.92 Å². The van der Waals surface area contributed by atoms with Crippen molar-refractivity contribution in [1.82, 2.24) is 0 Å². The van der Waals surface area contributed by atoms with Crippen LogP contribution in [-0.2, 0) is 4.79 Å². The number of ketones is 1. The molecule has 0 saturated heterocycles. The number of hydrogen-bond acceptors (Lipinski definition) is 2. The number of hydrogen-bond donors (Lipinski definition) is 0. The molecule has 1 aliphatic rings. The standard InChI is InChI=1S/C7H11NO/c1-5-3-8-4-7(9)6(5)2/h4-6H,3H2,1-2H3. The van der Waals surface area contributed by atoms with Crippen LogP contribution >= 0.6 is 0 Å². The maximum atomic E-state index is 10.9. The van der Waals surface area contributed by atoms with Gasteiger partial charge in [0.1, 0.15) is 0 Å². The molecule has 1 heterocycles. The first-order valence-electron chi connectivity index (χ1n) is 3.25. The second kappa shape index (κ2) is 2.29. The Bertz CT molecular complexity index is 151. The first kappa shape index (κ1) is 6.46. The summed E-state index contributed by atoms with van der Waals surface area (Å²) in [7, 11) is 0. The molecule has 0 N–H and O–H groups in total. The Kier molecular flexibility index (Phi) is 1.65. The van der Waals surface area contributed by atoms with Gasteiger partial charge < -0.3 is 0 Å². The SMILES string of the molecule is CC1CN=CC(=O)C1C. The second-order valence-electron chi connectivity index (χ2n) is 2.66. The van der Waals surface area contributed by atoms with Crippen molar-refractivity contribution in [1.29, 1.82) is 0 Å². The molecule has 0 radical (unpaired) electrons. The Morgan fingerprint density at radius 3 is 2.78 bits per heavy atom. The van der Waals surface area contributed by atoms with Gasteiger partial charge in [-0.25, -0.2) is 0 Å². The summed E-state index contributed by atoms with van der Waals surface area (Å²) in [6.07, 6.45) is 1.45. The first-order chi connectivity index (χ1) is 4.22. The van der Waals surface area contributed by atoms with Gasteiger partial charge in [-0.2, -0.15) is 0 Å². The minimum atomic E-state index is 0.175. The van der Waals surface area contributed by atoms with Crippen LogP contribution in [0, 0.1) is 11.8 Å². The summed E-state index contributed by atoms with van der Waals surface area (Å²) in [6, 6.07) is 0. The predicted octanol–water partition coefficient (Wildman–Crippen LogP) is 0.912. The van der Waals surface area contributed by atoms with Gasteiger partial charge in [-0.1, -0.05) is 13.8 Å². The van der Waals surface area contributed by atoms with Crippen LogP contribution < -0.4 is 0 Å². The van der Waals surface area contributed by atoms with Gasteiger partial charge in [-0.15, -0.1) is 0 Å². The summed E-state index contributed by atoms with van der Waals surface area (Å²) in [4.78, 5) is 14.8. The summed E-state index contributed by atoms with van der Waals surface area (Å²) in [6.45, 7) is 4.82. The molecule has 0 aromatic carbocycles. The van der Waals surface area contributed by atoms with Crippen LogP contribution in [0.15, 0.2) is 4.99 Å². The fourth-order valence-electron chi connectivity index (χ4n) is 0.865. The molecule has 9 heavy (non-hydrogen) atoms. The van der Waals surface area contributed by atoms with Gasteiger partial charge >= 0.3 is 0 Å². The summed E-state index contributed by atoms with van der Waals surface area (Å²) in [5, 5.41) is 0. The van der Waals surface area contributed by atoms with Crippen molar-refractivity contribution in [3.8, 4) is 0 Å². The minimum absolute atomic E-state index is 0.175. The fourth-order valence-corrected chi connectivity index (χ4v) is 0.865. The molecule has 2 unspecified atom stereocenters. The molecule has 1 rings (SSSR count). The van der Waals surface area contributed by atoms with Crippen LogP contribution in [0.1, 0.15) is 13.8 Å². The number of carbonyl (C=O) groups excluding carboxylic acids is 1. The summed E-state index contributed by atoms with van der Waals surface area (Å²) in [5.74, 6) is 0.791. The van der Waals surface area contributed by atoms with E-state index in [1.165, 1.54) is 6.21 Å². The maximum absolute atomic E-state index is 10.9. The van der Waals surface area contributed by atoms with E-state index in [0.717, 1.165) is 6.54 Å². The Morgan fingerprint density at radius 1 is 1.67 bits per heavy atom. The Morgan fingerprint density at radius 2 is 2.33 bits per heavy atom. The van der Waals surface area contributed by atoms with Crippen LogP contribution in [0.25, 0.3) is 0 Å². The lowest BCUT2D eigenvalue weighted by Crippen LogP contribution is -2.26. The highest BCUT2D eigenvalue weighted by atomic mass is 16.1. The van der Waals surface area contributed by atoms with E-state index in [2.05, 4.69) is 11.9 Å². The number of rotatable bonds is 0. The first-order valence-corrected chi connectivity index (χ1v) is 3.25. The number of nitrogens with zero attached hydrogens (tertiary/aromatic N) is 1. The van der Waals surface area contributed by atoms with Crippen molar-refractivity contribution in [3.05, 3.63) is 0 Å². The molecule has 0 spiro atoms. The van der Waals surface area contributed by atoms with E-state index < -0.39 is 0 Å².